The molecule has 0 spiro atoms. The lowest BCUT2D eigenvalue weighted by atomic mass is 10.2. The van der Waals surface area contributed by atoms with Gasteiger partial charge in [0, 0.05) is 16.3 Å². The summed E-state index contributed by atoms with van der Waals surface area (Å²) in [6, 6.07) is 19.9. The highest BCUT2D eigenvalue weighted by Gasteiger charge is 2.11. The number of hydrogen-bond acceptors (Lipinski definition) is 5. The number of fused-ring (bicyclic) bond motifs is 2. The lowest BCUT2D eigenvalue weighted by molar-refractivity contribution is 0.419. The molecule has 3 heterocycles. The zero-order chi connectivity index (χ0) is 18.2. The van der Waals surface area contributed by atoms with E-state index in [0.29, 0.717) is 17.3 Å². The number of hydrogen-bond donors (Lipinski definition) is 1. The Morgan fingerprint density at radius 1 is 0.852 bits per heavy atom. The highest BCUT2D eigenvalue weighted by atomic mass is 16.5. The number of aromatic amines is 1. The largest absolute Gasteiger partial charge is 0.494 e. The van der Waals surface area contributed by atoms with Gasteiger partial charge >= 0.3 is 0 Å². The van der Waals surface area contributed by atoms with Gasteiger partial charge in [-0.1, -0.05) is 36.4 Å². The zero-order valence-electron chi connectivity index (χ0n) is 14.5. The highest BCUT2D eigenvalue weighted by molar-refractivity contribution is 5.87. The first-order valence-electron chi connectivity index (χ1n) is 8.54. The molecule has 0 aliphatic heterocycles. The van der Waals surface area contributed by atoms with E-state index in [1.165, 1.54) is 0 Å². The average Bonchev–Trinajstić information content (AvgIpc) is 3.17. The molecule has 3 aromatic heterocycles. The Hall–Kier alpha value is -3.80. The van der Waals surface area contributed by atoms with Crippen LogP contribution in [0, 0.1) is 0 Å². The van der Waals surface area contributed by atoms with Gasteiger partial charge in [-0.3, -0.25) is 0 Å². The number of ether oxygens (including phenoxy) is 1. The Labute approximate surface area is 154 Å². The Kier molecular flexibility index (Phi) is 3.53. The number of nitrogens with zero attached hydrogens (tertiary/aromatic N) is 4. The molecule has 0 saturated heterocycles. The summed E-state index contributed by atoms with van der Waals surface area (Å²) in [6.07, 6.45) is 1.65. The fraction of sp³-hybridized carbons (Fsp3) is 0.0476. The van der Waals surface area contributed by atoms with Crippen LogP contribution in [-0.2, 0) is 0 Å². The number of para-hydroxylation sites is 2. The maximum absolute atomic E-state index is 5.42. The van der Waals surface area contributed by atoms with Crippen LogP contribution in [0.4, 0.5) is 0 Å². The van der Waals surface area contributed by atoms with Gasteiger partial charge in [-0.25, -0.2) is 9.97 Å². The predicted octanol–water partition coefficient (Wildman–Crippen LogP) is 4.24. The molecular weight excluding hydrogens is 338 g/mol. The number of pyridine rings is 1. The van der Waals surface area contributed by atoms with Crippen molar-refractivity contribution in [2.24, 2.45) is 0 Å². The lowest BCUT2D eigenvalue weighted by Crippen LogP contribution is -1.97. The van der Waals surface area contributed by atoms with Crippen molar-refractivity contribution < 1.29 is 4.74 Å². The third-order valence-corrected chi connectivity index (χ3v) is 4.50. The number of rotatable bonds is 3. The van der Waals surface area contributed by atoms with Crippen molar-refractivity contribution >= 4 is 21.8 Å². The summed E-state index contributed by atoms with van der Waals surface area (Å²) in [4.78, 5) is 12.7. The summed E-state index contributed by atoms with van der Waals surface area (Å²) in [6.45, 7) is 0. The third-order valence-electron chi connectivity index (χ3n) is 4.50. The summed E-state index contributed by atoms with van der Waals surface area (Å²) < 4.78 is 5.42. The van der Waals surface area contributed by atoms with Crippen LogP contribution in [0.1, 0.15) is 0 Å². The summed E-state index contributed by atoms with van der Waals surface area (Å²) in [5.74, 6) is 1.19. The van der Waals surface area contributed by atoms with Gasteiger partial charge < -0.3 is 9.72 Å². The Balaban J connectivity index is 1.62. The maximum atomic E-state index is 5.42. The smallest absolute Gasteiger partial charge is 0.201 e. The quantitative estimate of drug-likeness (QED) is 0.525. The van der Waals surface area contributed by atoms with Crippen LogP contribution >= 0.6 is 0 Å². The Morgan fingerprint density at radius 3 is 2.63 bits per heavy atom. The molecule has 6 nitrogen and oxygen atoms in total. The Morgan fingerprint density at radius 2 is 1.74 bits per heavy atom. The third kappa shape index (κ3) is 2.67. The van der Waals surface area contributed by atoms with Crippen LogP contribution in [0.25, 0.3) is 44.7 Å². The maximum Gasteiger partial charge on any atom is 0.201 e. The monoisotopic (exact) mass is 353 g/mol. The van der Waals surface area contributed by atoms with Crippen molar-refractivity contribution in [1.29, 1.82) is 0 Å². The molecule has 0 aliphatic carbocycles. The molecule has 0 fully saturated rings. The van der Waals surface area contributed by atoms with Gasteiger partial charge in [0.2, 0.25) is 5.82 Å². The SMILES string of the molecule is COc1cccc2ccc(-c3nncc(-c4cc5ccccc5[nH]4)n3)nc12. The minimum absolute atomic E-state index is 0.471. The fourth-order valence-electron chi connectivity index (χ4n) is 3.16. The molecule has 0 unspecified atom stereocenters. The van der Waals surface area contributed by atoms with Crippen molar-refractivity contribution in [3.05, 3.63) is 66.9 Å². The molecule has 0 aliphatic rings. The minimum Gasteiger partial charge on any atom is -0.494 e. The molecule has 130 valence electrons. The molecule has 0 atom stereocenters. The van der Waals surface area contributed by atoms with E-state index in [1.807, 2.05) is 48.5 Å². The van der Waals surface area contributed by atoms with Gasteiger partial charge in [-0.2, -0.15) is 5.10 Å². The predicted molar refractivity (Wildman–Crippen MR) is 104 cm³/mol. The Bertz CT molecular complexity index is 1250. The first-order chi connectivity index (χ1) is 13.3. The van der Waals surface area contributed by atoms with Crippen molar-refractivity contribution in [3.8, 4) is 28.7 Å². The molecule has 5 rings (SSSR count). The van der Waals surface area contributed by atoms with Crippen molar-refractivity contribution in [2.75, 3.05) is 7.11 Å². The van der Waals surface area contributed by atoms with E-state index in [9.17, 15) is 0 Å². The molecular formula is C21H15N5O. The number of H-pyrrole nitrogens is 1. The van der Waals surface area contributed by atoms with E-state index < -0.39 is 0 Å². The van der Waals surface area contributed by atoms with Crippen LogP contribution in [0.15, 0.2) is 66.9 Å². The molecule has 6 heteroatoms. The summed E-state index contributed by atoms with van der Waals surface area (Å²) >= 11 is 0. The van der Waals surface area contributed by atoms with Gasteiger partial charge in [-0.05, 0) is 24.3 Å². The van der Waals surface area contributed by atoms with E-state index in [-0.39, 0.29) is 0 Å². The van der Waals surface area contributed by atoms with Crippen LogP contribution in [0.3, 0.4) is 0 Å². The van der Waals surface area contributed by atoms with Crippen LogP contribution in [-0.4, -0.2) is 32.3 Å². The standard InChI is InChI=1S/C21H15N5O/c1-27-19-8-4-6-13-9-10-16(24-20(13)19)21-25-18(12-22-26-21)17-11-14-5-2-3-7-15(14)23-17/h2-12,23H,1H3. The summed E-state index contributed by atoms with van der Waals surface area (Å²) in [7, 11) is 1.64. The molecule has 2 aromatic carbocycles. The lowest BCUT2D eigenvalue weighted by Gasteiger charge is -2.06. The van der Waals surface area contributed by atoms with E-state index in [2.05, 4.69) is 32.3 Å². The van der Waals surface area contributed by atoms with Crippen LogP contribution in [0.2, 0.25) is 0 Å². The van der Waals surface area contributed by atoms with E-state index in [4.69, 9.17) is 9.72 Å². The van der Waals surface area contributed by atoms with Gasteiger partial charge in [0.05, 0.1) is 19.0 Å². The normalized spacial score (nSPS) is 11.1. The molecule has 0 saturated carbocycles. The average molecular weight is 353 g/mol. The van der Waals surface area contributed by atoms with E-state index >= 15 is 0 Å². The zero-order valence-corrected chi connectivity index (χ0v) is 14.5. The summed E-state index contributed by atoms with van der Waals surface area (Å²) in [5.41, 5.74) is 4.10. The first-order valence-corrected chi connectivity index (χ1v) is 8.54. The molecule has 0 radical (unpaired) electrons. The van der Waals surface area contributed by atoms with Gasteiger partial charge in [-0.15, -0.1) is 5.10 Å². The second-order valence-electron chi connectivity index (χ2n) is 6.16. The van der Waals surface area contributed by atoms with Crippen molar-refractivity contribution in [2.45, 2.75) is 0 Å². The van der Waals surface area contributed by atoms with E-state index in [1.54, 1.807) is 13.3 Å². The second kappa shape index (κ2) is 6.17. The summed E-state index contributed by atoms with van der Waals surface area (Å²) in [5, 5.41) is 10.4. The topological polar surface area (TPSA) is 76.6 Å². The molecule has 27 heavy (non-hydrogen) atoms. The number of benzene rings is 2. The van der Waals surface area contributed by atoms with Crippen molar-refractivity contribution in [3.63, 3.8) is 0 Å². The number of nitrogens with one attached hydrogen (secondary N) is 1. The fourth-order valence-corrected chi connectivity index (χ4v) is 3.16. The second-order valence-corrected chi connectivity index (χ2v) is 6.16. The molecule has 0 amide bonds. The van der Waals surface area contributed by atoms with Gasteiger partial charge in [0.25, 0.3) is 0 Å². The molecule has 0 bridgehead atoms. The number of aromatic nitrogens is 5. The highest BCUT2D eigenvalue weighted by Crippen LogP contribution is 2.27. The molecule has 1 N–H and O–H groups in total. The van der Waals surface area contributed by atoms with Gasteiger partial charge in [0.15, 0.2) is 0 Å². The van der Waals surface area contributed by atoms with Crippen LogP contribution in [0.5, 0.6) is 5.75 Å². The minimum atomic E-state index is 0.471. The molecule has 5 aromatic rings. The van der Waals surface area contributed by atoms with Crippen molar-refractivity contribution in [1.82, 2.24) is 25.1 Å². The van der Waals surface area contributed by atoms with Gasteiger partial charge in [0.1, 0.15) is 22.7 Å². The number of methoxy groups -OCH3 is 1. The van der Waals surface area contributed by atoms with E-state index in [0.717, 1.165) is 33.2 Å². The van der Waals surface area contributed by atoms with Crippen LogP contribution < -0.4 is 4.74 Å². The first kappa shape index (κ1) is 15.5.